The first-order valence-electron chi connectivity index (χ1n) is 15.4. The van der Waals surface area contributed by atoms with Gasteiger partial charge in [0.25, 0.3) is 0 Å². The molecule has 0 aromatic heterocycles. The van der Waals surface area contributed by atoms with Gasteiger partial charge in [-0.2, -0.15) is 0 Å². The molecule has 0 saturated carbocycles. The van der Waals surface area contributed by atoms with Gasteiger partial charge in [-0.25, -0.2) is 0 Å². The maximum atomic E-state index is 12.2. The van der Waals surface area contributed by atoms with Crippen molar-refractivity contribution in [2.75, 3.05) is 19.6 Å². The second kappa shape index (κ2) is 15.4. The van der Waals surface area contributed by atoms with E-state index in [2.05, 4.69) is 22.3 Å². The number of amides is 1. The molecule has 4 unspecified atom stereocenters. The number of carboxylic acids is 1. The van der Waals surface area contributed by atoms with Gasteiger partial charge >= 0.3 is 5.97 Å². The summed E-state index contributed by atoms with van der Waals surface area (Å²) in [4.78, 5) is 25.1. The molecule has 1 amide bonds. The first-order chi connectivity index (χ1) is 21.4. The second-order valence-corrected chi connectivity index (χ2v) is 11.8. The lowest BCUT2D eigenvalue weighted by molar-refractivity contribution is -0.252. The standard InChI is InChI=1S/C35H42N2O7/c38-23-24-11-13-26(14-12-24)32-19-31(22-37-16-15-30(39)21-37)43-35(44-32)29-8-4-7-28(18-29)27-6-3-5-25(17-27)20-36-33(40)9-1-2-10-34(41)42/h3-8,11-14,17-18,30-32,35,38-39H,1-2,9-10,15-16,19-23H2,(H,36,40)(H,41,42). The zero-order chi connectivity index (χ0) is 30.9. The van der Waals surface area contributed by atoms with Gasteiger partial charge in [-0.1, -0.05) is 60.7 Å². The summed E-state index contributed by atoms with van der Waals surface area (Å²) in [6, 6.07) is 24.0. The van der Waals surface area contributed by atoms with Gasteiger partial charge in [0.05, 0.1) is 24.9 Å². The molecular formula is C35H42N2O7. The van der Waals surface area contributed by atoms with Crippen LogP contribution in [0.1, 0.15) is 73.2 Å². The fourth-order valence-corrected chi connectivity index (χ4v) is 5.88. The Morgan fingerprint density at radius 2 is 1.64 bits per heavy atom. The minimum atomic E-state index is -0.844. The van der Waals surface area contributed by atoms with E-state index in [4.69, 9.17) is 14.6 Å². The molecule has 2 saturated heterocycles. The molecule has 2 aliphatic heterocycles. The zero-order valence-electron chi connectivity index (χ0n) is 24.9. The Kier molecular flexibility index (Phi) is 11.1. The smallest absolute Gasteiger partial charge is 0.303 e. The lowest BCUT2D eigenvalue weighted by Crippen LogP contribution is -2.38. The van der Waals surface area contributed by atoms with Gasteiger partial charge < -0.3 is 30.1 Å². The first kappa shape index (κ1) is 31.8. The monoisotopic (exact) mass is 602 g/mol. The van der Waals surface area contributed by atoms with E-state index in [1.165, 1.54) is 0 Å². The Labute approximate surface area is 258 Å². The number of hydrogen-bond acceptors (Lipinski definition) is 7. The molecule has 4 N–H and O–H groups in total. The van der Waals surface area contributed by atoms with Crippen LogP contribution >= 0.6 is 0 Å². The second-order valence-electron chi connectivity index (χ2n) is 11.8. The zero-order valence-corrected chi connectivity index (χ0v) is 24.9. The minimum absolute atomic E-state index is 0.00753. The molecule has 3 aromatic carbocycles. The molecule has 0 bridgehead atoms. The Bertz CT molecular complexity index is 1400. The number of nitrogens with one attached hydrogen (secondary N) is 1. The highest BCUT2D eigenvalue weighted by molar-refractivity contribution is 5.76. The number of aliphatic hydroxyl groups excluding tert-OH is 2. The van der Waals surface area contributed by atoms with Crippen LogP contribution in [-0.2, 0) is 32.2 Å². The summed E-state index contributed by atoms with van der Waals surface area (Å²) < 4.78 is 13.1. The Balaban J connectivity index is 1.28. The van der Waals surface area contributed by atoms with Gasteiger partial charge in [0.15, 0.2) is 6.29 Å². The highest BCUT2D eigenvalue weighted by Gasteiger charge is 2.34. The molecule has 9 nitrogen and oxygen atoms in total. The summed E-state index contributed by atoms with van der Waals surface area (Å²) in [7, 11) is 0. The van der Waals surface area contributed by atoms with Crippen LogP contribution in [0.5, 0.6) is 0 Å². The first-order valence-corrected chi connectivity index (χ1v) is 15.4. The third kappa shape index (κ3) is 8.97. The van der Waals surface area contributed by atoms with Crippen molar-refractivity contribution < 1.29 is 34.4 Å². The van der Waals surface area contributed by atoms with Crippen molar-refractivity contribution >= 4 is 11.9 Å². The number of likely N-dealkylation sites (tertiary alicyclic amines) is 1. The van der Waals surface area contributed by atoms with Crippen molar-refractivity contribution in [1.29, 1.82) is 0 Å². The highest BCUT2D eigenvalue weighted by atomic mass is 16.7. The molecule has 2 aliphatic rings. The number of ether oxygens (including phenoxy) is 2. The minimum Gasteiger partial charge on any atom is -0.481 e. The molecule has 0 aliphatic carbocycles. The molecular weight excluding hydrogens is 560 g/mol. The molecule has 234 valence electrons. The van der Waals surface area contributed by atoms with Crippen LogP contribution in [0.15, 0.2) is 72.8 Å². The number of nitrogens with zero attached hydrogens (tertiary/aromatic N) is 1. The normalized spacial score (nSPS) is 22.1. The molecule has 0 spiro atoms. The summed E-state index contributed by atoms with van der Waals surface area (Å²) in [6.07, 6.45) is 1.75. The summed E-state index contributed by atoms with van der Waals surface area (Å²) in [5.41, 5.74) is 5.78. The molecule has 9 heteroatoms. The van der Waals surface area contributed by atoms with Crippen LogP contribution in [0.3, 0.4) is 0 Å². The summed E-state index contributed by atoms with van der Waals surface area (Å²) in [5, 5.41) is 31.2. The van der Waals surface area contributed by atoms with E-state index < -0.39 is 12.3 Å². The van der Waals surface area contributed by atoms with E-state index >= 15 is 0 Å². The van der Waals surface area contributed by atoms with Gasteiger partial charge in [0, 0.05) is 51.0 Å². The van der Waals surface area contributed by atoms with Crippen molar-refractivity contribution in [1.82, 2.24) is 10.2 Å². The van der Waals surface area contributed by atoms with Crippen molar-refractivity contribution in [3.05, 3.63) is 95.1 Å². The third-order valence-electron chi connectivity index (χ3n) is 8.28. The van der Waals surface area contributed by atoms with E-state index in [1.54, 1.807) is 0 Å². The SMILES string of the molecule is O=C(O)CCCCC(=O)NCc1cccc(-c2cccc(C3OC(CN4CCC(O)C4)CC(c4ccc(CO)cc4)O3)c2)c1. The Hall–Kier alpha value is -3.60. The number of benzene rings is 3. The third-order valence-corrected chi connectivity index (χ3v) is 8.28. The van der Waals surface area contributed by atoms with E-state index in [-0.39, 0.29) is 37.2 Å². The van der Waals surface area contributed by atoms with Crippen molar-refractivity contribution in [2.24, 2.45) is 0 Å². The van der Waals surface area contributed by atoms with Crippen LogP contribution < -0.4 is 5.32 Å². The molecule has 3 aromatic rings. The Morgan fingerprint density at radius 1 is 0.886 bits per heavy atom. The molecule has 2 heterocycles. The number of β-amino-alcohol motifs (C(OH)–C–C–N with tert-alkyl or cyclic N) is 1. The van der Waals surface area contributed by atoms with Crippen molar-refractivity contribution in [3.8, 4) is 11.1 Å². The lowest BCUT2D eigenvalue weighted by Gasteiger charge is -2.38. The van der Waals surface area contributed by atoms with Crippen LogP contribution in [0, 0.1) is 0 Å². The van der Waals surface area contributed by atoms with Gasteiger partial charge in [-0.3, -0.25) is 14.5 Å². The van der Waals surface area contributed by atoms with Crippen LogP contribution in [0.4, 0.5) is 0 Å². The number of aliphatic hydroxyl groups is 2. The summed E-state index contributed by atoms with van der Waals surface area (Å²) in [5.74, 6) is -0.933. The molecule has 0 radical (unpaired) electrons. The van der Waals surface area contributed by atoms with E-state index in [0.717, 1.165) is 52.9 Å². The van der Waals surface area contributed by atoms with Gasteiger partial charge in [0.2, 0.25) is 5.91 Å². The van der Waals surface area contributed by atoms with Crippen LogP contribution in [-0.4, -0.2) is 63.9 Å². The maximum Gasteiger partial charge on any atom is 0.303 e. The topological polar surface area (TPSA) is 129 Å². The number of unbranched alkanes of at least 4 members (excludes halogenated alkanes) is 1. The number of rotatable bonds is 13. The largest absolute Gasteiger partial charge is 0.481 e. The van der Waals surface area contributed by atoms with Gasteiger partial charge in [-0.15, -0.1) is 0 Å². The van der Waals surface area contributed by atoms with Crippen LogP contribution in [0.25, 0.3) is 11.1 Å². The fraction of sp³-hybridized carbons (Fsp3) is 0.429. The lowest BCUT2D eigenvalue weighted by atomic mass is 9.98. The summed E-state index contributed by atoms with van der Waals surface area (Å²) in [6.45, 7) is 2.60. The van der Waals surface area contributed by atoms with E-state index in [0.29, 0.717) is 38.8 Å². The molecule has 4 atom stereocenters. The van der Waals surface area contributed by atoms with Gasteiger partial charge in [0.1, 0.15) is 0 Å². The maximum absolute atomic E-state index is 12.2. The number of carbonyl (C=O) groups is 2. The van der Waals surface area contributed by atoms with Gasteiger partial charge in [-0.05, 0) is 59.2 Å². The molecule has 5 rings (SSSR count). The number of carbonyl (C=O) groups excluding carboxylic acids is 1. The van der Waals surface area contributed by atoms with E-state index in [1.807, 2.05) is 60.7 Å². The van der Waals surface area contributed by atoms with Crippen molar-refractivity contribution in [2.45, 2.75) is 76.3 Å². The molecule has 2 fully saturated rings. The predicted molar refractivity (Wildman–Crippen MR) is 165 cm³/mol. The quantitative estimate of drug-likeness (QED) is 0.207. The Morgan fingerprint density at radius 3 is 2.36 bits per heavy atom. The highest BCUT2D eigenvalue weighted by Crippen LogP contribution is 2.39. The van der Waals surface area contributed by atoms with Crippen LogP contribution in [0.2, 0.25) is 0 Å². The number of aliphatic carboxylic acids is 1. The average molecular weight is 603 g/mol. The molecule has 44 heavy (non-hydrogen) atoms. The number of carboxylic acid groups (broad SMARTS) is 1. The number of hydrogen-bond donors (Lipinski definition) is 4. The van der Waals surface area contributed by atoms with E-state index in [9.17, 15) is 19.8 Å². The summed E-state index contributed by atoms with van der Waals surface area (Å²) >= 11 is 0. The van der Waals surface area contributed by atoms with Crippen molar-refractivity contribution in [3.63, 3.8) is 0 Å². The predicted octanol–water partition coefficient (Wildman–Crippen LogP) is 4.72. The fourth-order valence-electron chi connectivity index (χ4n) is 5.88. The average Bonchev–Trinajstić information content (AvgIpc) is 3.46.